The summed E-state index contributed by atoms with van der Waals surface area (Å²) in [6, 6.07) is -7.23. The van der Waals surface area contributed by atoms with Gasteiger partial charge in [0.1, 0.15) is 10.1 Å². The zero-order valence-corrected chi connectivity index (χ0v) is 20.7. The Morgan fingerprint density at radius 3 is 1.59 bits per heavy atom. The van der Waals surface area contributed by atoms with Gasteiger partial charge >= 0.3 is 82.8 Å². The first-order chi connectivity index (χ1) is 16.5. The van der Waals surface area contributed by atoms with Crippen molar-refractivity contribution in [3.8, 4) is 0 Å². The van der Waals surface area contributed by atoms with E-state index in [1.165, 1.54) is 0 Å². The number of nitrogens with one attached hydrogen (secondary N) is 1. The summed E-state index contributed by atoms with van der Waals surface area (Å²) in [5.74, 6) is -44.8. The van der Waals surface area contributed by atoms with Crippen LogP contribution in [0.4, 0.5) is 76.0 Å². The van der Waals surface area contributed by atoms with E-state index in [2.05, 4.69) is 0 Å². The van der Waals surface area contributed by atoms with Crippen LogP contribution in [0.25, 0.3) is 0 Å². The maximum Gasteiger partial charge on any atom is 1.00 e. The number of carbonyl (C=O) groups excluding carboxylic acids is 1. The van der Waals surface area contributed by atoms with Crippen molar-refractivity contribution in [2.75, 3.05) is 5.32 Å². The number of anilines is 1. The van der Waals surface area contributed by atoms with Crippen LogP contribution in [-0.2, 0) is 14.9 Å². The van der Waals surface area contributed by atoms with Crippen molar-refractivity contribution in [2.45, 2.75) is 52.3 Å². The van der Waals surface area contributed by atoms with E-state index in [1.54, 1.807) is 0 Å². The third kappa shape index (κ3) is 4.37. The Morgan fingerprint density at radius 1 is 0.821 bits per heavy atom. The number of piperidine rings is 1. The van der Waals surface area contributed by atoms with Crippen molar-refractivity contribution in [1.82, 2.24) is 5.12 Å². The van der Waals surface area contributed by atoms with E-state index < -0.39 is 79.1 Å². The largest absolute Gasteiger partial charge is 1.00 e. The summed E-state index contributed by atoms with van der Waals surface area (Å²) in [6.07, 6.45) is -8.16. The number of nitrogens with zero attached hydrogens (tertiary/aromatic N) is 1. The molecule has 24 heteroatoms. The smallest absolute Gasteiger partial charge is 0.744 e. The van der Waals surface area contributed by atoms with Gasteiger partial charge in [0.25, 0.3) is 0 Å². The molecule has 39 heavy (non-hydrogen) atoms. The summed E-state index contributed by atoms with van der Waals surface area (Å²) < 4.78 is 253. The molecule has 218 valence electrons. The Kier molecular flexibility index (Phi) is 8.63. The molecule has 2 atom stereocenters. The van der Waals surface area contributed by atoms with Crippen molar-refractivity contribution >= 4 is 21.7 Å². The summed E-state index contributed by atoms with van der Waals surface area (Å²) in [5, 5.41) is -3.93. The van der Waals surface area contributed by atoms with Gasteiger partial charge in [-0.15, -0.1) is 4.48 Å². The van der Waals surface area contributed by atoms with Gasteiger partial charge in [0.05, 0.1) is 4.90 Å². The van der Waals surface area contributed by atoms with Crippen molar-refractivity contribution in [3.05, 3.63) is 24.3 Å². The van der Waals surface area contributed by atoms with E-state index >= 15 is 0 Å². The number of hydrogen-bond acceptors (Lipinski definition) is 5. The molecule has 0 bridgehead atoms. The van der Waals surface area contributed by atoms with Crippen LogP contribution in [0, 0.1) is 0 Å². The number of benzene rings is 1. The van der Waals surface area contributed by atoms with Crippen molar-refractivity contribution in [1.29, 1.82) is 0 Å². The van der Waals surface area contributed by atoms with Crippen LogP contribution in [0.3, 0.4) is 0 Å². The van der Waals surface area contributed by atoms with E-state index in [-0.39, 0.29) is 53.8 Å². The number of alkyl halides is 15. The molecule has 0 saturated carbocycles. The average molecular weight is 636 g/mol. The zero-order valence-electron chi connectivity index (χ0n) is 17.8. The van der Waals surface area contributed by atoms with Gasteiger partial charge in [-0.3, -0.25) is 4.79 Å². The minimum absolute atomic E-state index is 0. The van der Waals surface area contributed by atoms with E-state index in [4.69, 9.17) is 0 Å². The van der Waals surface area contributed by atoms with Gasteiger partial charge in [-0.25, -0.2) is 17.2 Å². The van der Waals surface area contributed by atoms with Gasteiger partial charge in [0.15, 0.2) is 0 Å². The Bertz CT molecular complexity index is 1220. The molecule has 0 aliphatic carbocycles. The molecule has 1 amide bonds. The fourth-order valence-corrected chi connectivity index (χ4v) is 3.52. The molecule has 1 aliphatic heterocycles. The molecular weight excluding hydrogens is 631 g/mol. The minimum Gasteiger partial charge on any atom is -0.744 e. The monoisotopic (exact) mass is 636 g/mol. The van der Waals surface area contributed by atoms with Gasteiger partial charge in [-0.05, 0) is 29.4 Å². The predicted octanol–water partition coefficient (Wildman–Crippen LogP) is 1.80. The molecule has 0 radical (unpaired) electrons. The first kappa shape index (κ1) is 35.5. The summed E-state index contributed by atoms with van der Waals surface area (Å²) >= 11 is 0. The van der Waals surface area contributed by atoms with Crippen LogP contribution in [0.5, 0.6) is 0 Å². The Hall–Kier alpha value is -1.56. The van der Waals surface area contributed by atoms with E-state index in [9.17, 15) is 88.1 Å². The summed E-state index contributed by atoms with van der Waals surface area (Å²) in [7, 11) is -5.27. The molecule has 2 unspecified atom stereocenters. The molecular formula is C15H5F16N2NaO4S. The van der Waals surface area contributed by atoms with E-state index in [1.807, 2.05) is 0 Å². The topological polar surface area (TPSA) is 89.5 Å². The molecule has 6 nitrogen and oxygen atoms in total. The first-order valence-corrected chi connectivity index (χ1v) is 10.1. The Balaban J connectivity index is 0.00000760. The molecule has 1 saturated heterocycles. The molecule has 0 aromatic heterocycles. The molecule has 2 rings (SSSR count). The van der Waals surface area contributed by atoms with Crippen LogP contribution in [0.2, 0.25) is 0 Å². The minimum atomic E-state index is -8.70. The predicted molar refractivity (Wildman–Crippen MR) is 84.4 cm³/mol. The molecule has 1 aromatic rings. The molecule has 1 aromatic carbocycles. The number of halogens is 16. The standard InChI is InChI=1S/C15H6F16N2O4S.Na/c16-8(17,7(34)32-5-1-3-6(4-2-5)38(35,36)37)10(19,20)9(18)11(21,22)12(23,24)15(29,30)33(31)13(9,25)14(26,27)28;/h1-4H,(H,32,34)(H,35,36,37);/q;+1/p-1. The van der Waals surface area contributed by atoms with Gasteiger partial charge in [-0.2, -0.15) is 57.1 Å². The molecule has 1 fully saturated rings. The molecule has 1 aliphatic rings. The maximum atomic E-state index is 14.9. The number of rotatable bonds is 5. The van der Waals surface area contributed by atoms with Gasteiger partial charge in [-0.1, -0.05) is 0 Å². The summed E-state index contributed by atoms with van der Waals surface area (Å²) in [5.41, 5.74) is -10.0. The van der Waals surface area contributed by atoms with Crippen LogP contribution in [0.1, 0.15) is 0 Å². The Morgan fingerprint density at radius 2 is 1.23 bits per heavy atom. The second-order valence-corrected chi connectivity index (χ2v) is 8.71. The van der Waals surface area contributed by atoms with Crippen molar-refractivity contribution in [3.63, 3.8) is 0 Å². The molecule has 0 spiro atoms. The number of amides is 1. The van der Waals surface area contributed by atoms with Gasteiger partial charge in [0.2, 0.25) is 0 Å². The summed E-state index contributed by atoms with van der Waals surface area (Å²) in [4.78, 5) is 10.4. The molecule has 1 N–H and O–H groups in total. The van der Waals surface area contributed by atoms with Gasteiger partial charge in [0, 0.05) is 5.69 Å². The SMILES string of the molecule is O=C(Nc1ccc(S(=O)(=O)[O-])cc1)C(F)(F)C(F)(F)C1(F)C(F)(F)C(F)(F)C(F)(F)N(F)C1(F)C(F)(F)F.[Na+]. The maximum absolute atomic E-state index is 14.9. The second-order valence-electron chi connectivity index (χ2n) is 7.33. The average Bonchev–Trinajstić information content (AvgIpc) is 2.74. The zero-order chi connectivity index (χ0) is 30.3. The third-order valence-electron chi connectivity index (χ3n) is 5.07. The van der Waals surface area contributed by atoms with Crippen LogP contribution >= 0.6 is 0 Å². The number of carbonyl (C=O) groups is 1. The summed E-state index contributed by atoms with van der Waals surface area (Å²) in [6.45, 7) is 0. The van der Waals surface area contributed by atoms with E-state index in [0.29, 0.717) is 5.32 Å². The first-order valence-electron chi connectivity index (χ1n) is 8.68. The fourth-order valence-electron chi connectivity index (χ4n) is 3.05. The molecule has 1 heterocycles. The van der Waals surface area contributed by atoms with Crippen molar-refractivity contribution < 1.29 is 118 Å². The van der Waals surface area contributed by atoms with E-state index in [0.717, 1.165) is 0 Å². The van der Waals surface area contributed by atoms with Crippen LogP contribution in [-0.4, -0.2) is 71.4 Å². The van der Waals surface area contributed by atoms with Crippen LogP contribution in [0.15, 0.2) is 29.2 Å². The Labute approximate surface area is 226 Å². The quantitative estimate of drug-likeness (QED) is 0.175. The second kappa shape index (κ2) is 9.49. The fraction of sp³-hybridized carbons (Fsp3) is 0.533. The van der Waals surface area contributed by atoms with Gasteiger partial charge < -0.3 is 9.87 Å². The third-order valence-corrected chi connectivity index (χ3v) is 5.92. The number of hydrogen-bond donors (Lipinski definition) is 1. The normalized spacial score (nSPS) is 27.4. The van der Waals surface area contributed by atoms with Crippen LogP contribution < -0.4 is 34.9 Å². The van der Waals surface area contributed by atoms with Crippen molar-refractivity contribution in [2.24, 2.45) is 0 Å².